The Morgan fingerprint density at radius 3 is 2.71 bits per heavy atom. The largest absolute Gasteiger partial charge is 0.439 e. The van der Waals surface area contributed by atoms with E-state index in [9.17, 15) is 5.11 Å². The Hall–Kier alpha value is -0.910. The van der Waals surface area contributed by atoms with Gasteiger partial charge in [-0.05, 0) is 40.2 Å². The van der Waals surface area contributed by atoms with Crippen LogP contribution in [0.2, 0.25) is 0 Å². The topological polar surface area (TPSA) is 42.4 Å². The average Bonchev–Trinajstić information content (AvgIpc) is 2.31. The highest BCUT2D eigenvalue weighted by Crippen LogP contribution is 2.27. The van der Waals surface area contributed by atoms with Crippen LogP contribution in [-0.2, 0) is 6.61 Å². The molecule has 0 radical (unpaired) electrons. The van der Waals surface area contributed by atoms with Crippen molar-refractivity contribution in [1.82, 2.24) is 4.98 Å². The molecular formula is C12H9Br2NO2. The van der Waals surface area contributed by atoms with Gasteiger partial charge in [-0.3, -0.25) is 0 Å². The Bertz CT molecular complexity index is 532. The lowest BCUT2D eigenvalue weighted by Crippen LogP contribution is -1.94. The van der Waals surface area contributed by atoms with Crippen molar-refractivity contribution < 1.29 is 9.84 Å². The summed E-state index contributed by atoms with van der Waals surface area (Å²) in [6.45, 7) is -0.115. The number of aliphatic hydroxyl groups excluding tert-OH is 1. The van der Waals surface area contributed by atoms with E-state index in [0.717, 1.165) is 8.95 Å². The molecule has 0 aliphatic rings. The molecule has 1 aromatic carbocycles. The number of rotatable bonds is 3. The lowest BCUT2D eigenvalue weighted by molar-refractivity contribution is 0.275. The van der Waals surface area contributed by atoms with Gasteiger partial charge >= 0.3 is 0 Å². The summed E-state index contributed by atoms with van der Waals surface area (Å²) in [5.74, 6) is 1.08. The summed E-state index contributed by atoms with van der Waals surface area (Å²) in [5.41, 5.74) is 0.638. The molecule has 5 heteroatoms. The monoisotopic (exact) mass is 357 g/mol. The van der Waals surface area contributed by atoms with Gasteiger partial charge in [-0.1, -0.05) is 22.0 Å². The summed E-state index contributed by atoms with van der Waals surface area (Å²) in [5, 5.41) is 9.23. The Morgan fingerprint density at radius 1 is 1.18 bits per heavy atom. The smallest absolute Gasteiger partial charge is 0.224 e. The summed E-state index contributed by atoms with van der Waals surface area (Å²) in [6.07, 6.45) is 1.63. The third-order valence-electron chi connectivity index (χ3n) is 2.07. The van der Waals surface area contributed by atoms with Crippen LogP contribution in [0.25, 0.3) is 0 Å². The van der Waals surface area contributed by atoms with Crippen LogP contribution in [0, 0.1) is 0 Å². The van der Waals surface area contributed by atoms with Crippen molar-refractivity contribution in [3.05, 3.63) is 51.0 Å². The van der Waals surface area contributed by atoms with Crippen LogP contribution in [0.1, 0.15) is 5.56 Å². The Labute approximate surface area is 116 Å². The van der Waals surface area contributed by atoms with Crippen LogP contribution >= 0.6 is 31.9 Å². The second kappa shape index (κ2) is 5.62. The molecule has 1 N–H and O–H groups in total. The molecule has 1 aromatic heterocycles. The van der Waals surface area contributed by atoms with E-state index in [2.05, 4.69) is 36.8 Å². The van der Waals surface area contributed by atoms with Crippen molar-refractivity contribution in [3.63, 3.8) is 0 Å². The number of aromatic nitrogens is 1. The fourth-order valence-corrected chi connectivity index (χ4v) is 2.07. The van der Waals surface area contributed by atoms with Crippen molar-refractivity contribution in [1.29, 1.82) is 0 Å². The fourth-order valence-electron chi connectivity index (χ4n) is 1.32. The van der Waals surface area contributed by atoms with E-state index in [1.54, 1.807) is 12.3 Å². The first-order valence-corrected chi connectivity index (χ1v) is 6.46. The number of nitrogens with zero attached hydrogens (tertiary/aromatic N) is 1. The maximum atomic E-state index is 9.23. The quantitative estimate of drug-likeness (QED) is 0.904. The van der Waals surface area contributed by atoms with Crippen molar-refractivity contribution in [2.45, 2.75) is 6.61 Å². The van der Waals surface area contributed by atoms with Gasteiger partial charge in [-0.2, -0.15) is 0 Å². The zero-order valence-corrected chi connectivity index (χ0v) is 11.9. The van der Waals surface area contributed by atoms with E-state index in [1.165, 1.54) is 0 Å². The van der Waals surface area contributed by atoms with E-state index in [-0.39, 0.29) is 6.61 Å². The molecular weight excluding hydrogens is 350 g/mol. The van der Waals surface area contributed by atoms with Crippen LogP contribution in [0.5, 0.6) is 11.6 Å². The first-order chi connectivity index (χ1) is 8.19. The molecule has 0 bridgehead atoms. The number of aliphatic hydroxyl groups is 1. The van der Waals surface area contributed by atoms with Crippen molar-refractivity contribution in [2.75, 3.05) is 0 Å². The predicted molar refractivity (Wildman–Crippen MR) is 72.1 cm³/mol. The number of benzene rings is 1. The van der Waals surface area contributed by atoms with E-state index in [0.29, 0.717) is 17.2 Å². The minimum Gasteiger partial charge on any atom is -0.439 e. The van der Waals surface area contributed by atoms with E-state index >= 15 is 0 Å². The summed E-state index contributed by atoms with van der Waals surface area (Å²) in [4.78, 5) is 4.13. The number of hydrogen-bond acceptors (Lipinski definition) is 3. The van der Waals surface area contributed by atoms with Gasteiger partial charge in [0.2, 0.25) is 5.88 Å². The molecule has 2 rings (SSSR count). The van der Waals surface area contributed by atoms with Gasteiger partial charge in [0.15, 0.2) is 0 Å². The highest BCUT2D eigenvalue weighted by Gasteiger charge is 2.07. The number of pyridine rings is 1. The Kier molecular flexibility index (Phi) is 4.15. The highest BCUT2D eigenvalue weighted by molar-refractivity contribution is 9.10. The number of halogens is 2. The van der Waals surface area contributed by atoms with E-state index in [1.807, 2.05) is 24.3 Å². The minimum atomic E-state index is -0.115. The van der Waals surface area contributed by atoms with Crippen molar-refractivity contribution in [2.24, 2.45) is 0 Å². The molecule has 2 aromatic rings. The first kappa shape index (κ1) is 12.5. The van der Waals surface area contributed by atoms with E-state index < -0.39 is 0 Å². The van der Waals surface area contributed by atoms with Crippen molar-refractivity contribution in [3.8, 4) is 11.6 Å². The van der Waals surface area contributed by atoms with Crippen LogP contribution < -0.4 is 4.74 Å². The van der Waals surface area contributed by atoms with Gasteiger partial charge in [0, 0.05) is 20.7 Å². The Balaban J connectivity index is 2.29. The molecule has 0 saturated heterocycles. The molecule has 3 nitrogen and oxygen atoms in total. The summed E-state index contributed by atoms with van der Waals surface area (Å²) >= 11 is 6.66. The molecule has 0 aliphatic heterocycles. The standard InChI is InChI=1S/C12H9Br2NO2/c13-9-2-1-3-11(5-9)17-12-8(7-16)4-10(14)6-15-12/h1-6,16H,7H2. The maximum absolute atomic E-state index is 9.23. The molecule has 0 saturated carbocycles. The third kappa shape index (κ3) is 3.28. The lowest BCUT2D eigenvalue weighted by atomic mass is 10.3. The first-order valence-electron chi connectivity index (χ1n) is 4.88. The SMILES string of the molecule is OCc1cc(Br)cnc1Oc1cccc(Br)c1. The normalized spacial score (nSPS) is 10.3. The number of ether oxygens (including phenoxy) is 1. The van der Waals surface area contributed by atoms with Crippen LogP contribution in [-0.4, -0.2) is 10.1 Å². The van der Waals surface area contributed by atoms with Gasteiger partial charge in [-0.15, -0.1) is 0 Å². The van der Waals surface area contributed by atoms with Gasteiger partial charge in [0.25, 0.3) is 0 Å². The molecule has 0 unspecified atom stereocenters. The highest BCUT2D eigenvalue weighted by atomic mass is 79.9. The minimum absolute atomic E-state index is 0.115. The zero-order chi connectivity index (χ0) is 12.3. The van der Waals surface area contributed by atoms with Crippen molar-refractivity contribution >= 4 is 31.9 Å². The van der Waals surface area contributed by atoms with E-state index in [4.69, 9.17) is 4.74 Å². The molecule has 0 aliphatic carbocycles. The number of hydrogen-bond donors (Lipinski definition) is 1. The van der Waals surface area contributed by atoms with Gasteiger partial charge in [0.1, 0.15) is 5.75 Å². The molecule has 17 heavy (non-hydrogen) atoms. The predicted octanol–water partition coefficient (Wildman–Crippen LogP) is 3.89. The second-order valence-electron chi connectivity index (χ2n) is 3.34. The lowest BCUT2D eigenvalue weighted by Gasteiger charge is -2.08. The zero-order valence-electron chi connectivity index (χ0n) is 8.73. The van der Waals surface area contributed by atoms with Gasteiger partial charge in [0.05, 0.1) is 6.61 Å². The van der Waals surface area contributed by atoms with Gasteiger partial charge in [-0.25, -0.2) is 4.98 Å². The van der Waals surface area contributed by atoms with Crippen LogP contribution in [0.15, 0.2) is 45.5 Å². The third-order valence-corrected chi connectivity index (χ3v) is 3.00. The molecule has 1 heterocycles. The van der Waals surface area contributed by atoms with Gasteiger partial charge < -0.3 is 9.84 Å². The fraction of sp³-hybridized carbons (Fsp3) is 0.0833. The second-order valence-corrected chi connectivity index (χ2v) is 5.17. The maximum Gasteiger partial charge on any atom is 0.224 e. The Morgan fingerprint density at radius 2 is 2.00 bits per heavy atom. The molecule has 0 amide bonds. The molecule has 0 spiro atoms. The van der Waals surface area contributed by atoms with Crippen LogP contribution in [0.3, 0.4) is 0 Å². The summed E-state index contributed by atoms with van der Waals surface area (Å²) in [6, 6.07) is 9.23. The summed E-state index contributed by atoms with van der Waals surface area (Å²) < 4.78 is 7.35. The van der Waals surface area contributed by atoms with Crippen LogP contribution in [0.4, 0.5) is 0 Å². The molecule has 88 valence electrons. The summed E-state index contributed by atoms with van der Waals surface area (Å²) in [7, 11) is 0. The molecule has 0 fully saturated rings. The molecule has 0 atom stereocenters. The average molecular weight is 359 g/mol.